The van der Waals surface area contributed by atoms with Crippen molar-refractivity contribution in [2.45, 2.75) is 25.8 Å². The van der Waals surface area contributed by atoms with Gasteiger partial charge >= 0.3 is 0 Å². The number of ether oxygens (including phenoxy) is 1. The molecule has 0 aromatic heterocycles. The maximum atomic E-state index is 11.8. The fraction of sp³-hybridized carbons (Fsp3) is 0.818. The molecule has 6 nitrogen and oxygen atoms in total. The van der Waals surface area contributed by atoms with Gasteiger partial charge in [-0.05, 0) is 26.3 Å². The zero-order chi connectivity index (χ0) is 12.7. The van der Waals surface area contributed by atoms with Crippen molar-refractivity contribution in [2.24, 2.45) is 11.7 Å². The molecule has 2 amide bonds. The Morgan fingerprint density at radius 2 is 2.29 bits per heavy atom. The van der Waals surface area contributed by atoms with Crippen molar-refractivity contribution in [1.82, 2.24) is 10.6 Å². The number of carbonyl (C=O) groups excluding carboxylic acids is 2. The Hall–Kier alpha value is -1.14. The molecule has 2 atom stereocenters. The number of carbonyl (C=O) groups is 2. The summed E-state index contributed by atoms with van der Waals surface area (Å²) in [6, 6.07) is 0.218. The predicted octanol–water partition coefficient (Wildman–Crippen LogP) is -1.01. The summed E-state index contributed by atoms with van der Waals surface area (Å²) in [5.41, 5.74) is 4.91. The van der Waals surface area contributed by atoms with Crippen LogP contribution in [0.25, 0.3) is 0 Å². The highest BCUT2D eigenvalue weighted by Gasteiger charge is 2.26. The van der Waals surface area contributed by atoms with Gasteiger partial charge < -0.3 is 21.1 Å². The first-order valence-electron chi connectivity index (χ1n) is 5.98. The van der Waals surface area contributed by atoms with E-state index in [2.05, 4.69) is 10.6 Å². The van der Waals surface area contributed by atoms with Crippen LogP contribution in [0.4, 0.5) is 0 Å². The summed E-state index contributed by atoms with van der Waals surface area (Å²) >= 11 is 0. The van der Waals surface area contributed by atoms with Crippen molar-refractivity contribution >= 4 is 11.8 Å². The van der Waals surface area contributed by atoms with E-state index in [1.165, 1.54) is 0 Å². The number of nitrogens with one attached hydrogen (secondary N) is 2. The van der Waals surface area contributed by atoms with E-state index < -0.39 is 5.91 Å². The highest BCUT2D eigenvalue weighted by atomic mass is 16.5. The molecule has 1 aliphatic heterocycles. The summed E-state index contributed by atoms with van der Waals surface area (Å²) in [7, 11) is 0. The summed E-state index contributed by atoms with van der Waals surface area (Å²) in [6.45, 7) is 3.62. The molecule has 0 aromatic carbocycles. The smallest absolute Gasteiger partial charge is 0.243 e. The number of primary amides is 1. The Bertz CT molecular complexity index is 271. The van der Waals surface area contributed by atoms with Crippen LogP contribution in [0, 0.1) is 5.92 Å². The van der Waals surface area contributed by atoms with Gasteiger partial charge in [-0.15, -0.1) is 0 Å². The second-order valence-corrected chi connectivity index (χ2v) is 4.30. The number of rotatable bonds is 6. The second kappa shape index (κ2) is 7.24. The van der Waals surface area contributed by atoms with Crippen LogP contribution in [-0.4, -0.2) is 44.2 Å². The molecule has 1 saturated heterocycles. The molecule has 1 aliphatic rings. The van der Waals surface area contributed by atoms with Crippen molar-refractivity contribution in [3.05, 3.63) is 0 Å². The minimum Gasteiger partial charge on any atom is -0.370 e. The Morgan fingerprint density at radius 1 is 1.53 bits per heavy atom. The molecular formula is C11H21N3O3. The number of piperidine rings is 1. The van der Waals surface area contributed by atoms with Gasteiger partial charge in [0.1, 0.15) is 6.61 Å². The lowest BCUT2D eigenvalue weighted by molar-refractivity contribution is -0.126. The molecule has 1 rings (SSSR count). The zero-order valence-electron chi connectivity index (χ0n) is 10.2. The van der Waals surface area contributed by atoms with Gasteiger partial charge in [-0.1, -0.05) is 0 Å². The third-order valence-electron chi connectivity index (χ3n) is 2.89. The van der Waals surface area contributed by atoms with Crippen LogP contribution in [0.15, 0.2) is 0 Å². The number of hydrogen-bond donors (Lipinski definition) is 3. The topological polar surface area (TPSA) is 93.4 Å². The van der Waals surface area contributed by atoms with Gasteiger partial charge in [0.25, 0.3) is 0 Å². The largest absolute Gasteiger partial charge is 0.370 e. The van der Waals surface area contributed by atoms with Gasteiger partial charge in [-0.2, -0.15) is 0 Å². The molecule has 0 aliphatic carbocycles. The molecule has 0 radical (unpaired) electrons. The maximum absolute atomic E-state index is 11.8. The van der Waals surface area contributed by atoms with Crippen LogP contribution < -0.4 is 16.4 Å². The van der Waals surface area contributed by atoms with E-state index in [9.17, 15) is 9.59 Å². The van der Waals surface area contributed by atoms with Gasteiger partial charge in [0.15, 0.2) is 0 Å². The average molecular weight is 243 g/mol. The predicted molar refractivity (Wildman–Crippen MR) is 63.2 cm³/mol. The molecule has 98 valence electrons. The number of nitrogens with two attached hydrogens (primary N) is 1. The minimum absolute atomic E-state index is 0.0277. The normalized spacial score (nSPS) is 24.3. The van der Waals surface area contributed by atoms with Gasteiger partial charge in [-0.25, -0.2) is 0 Å². The van der Waals surface area contributed by atoms with Gasteiger partial charge in [-0.3, -0.25) is 9.59 Å². The quantitative estimate of drug-likeness (QED) is 0.521. The lowest BCUT2D eigenvalue weighted by atomic mass is 9.91. The first-order chi connectivity index (χ1) is 8.11. The van der Waals surface area contributed by atoms with E-state index in [1.54, 1.807) is 0 Å². The molecule has 17 heavy (non-hydrogen) atoms. The van der Waals surface area contributed by atoms with Crippen LogP contribution in [-0.2, 0) is 14.3 Å². The summed E-state index contributed by atoms with van der Waals surface area (Å²) < 4.78 is 4.95. The maximum Gasteiger partial charge on any atom is 0.243 e. The summed E-state index contributed by atoms with van der Waals surface area (Å²) in [5.74, 6) is -0.423. The van der Waals surface area contributed by atoms with E-state index in [-0.39, 0.29) is 24.5 Å². The fourth-order valence-corrected chi connectivity index (χ4v) is 1.95. The van der Waals surface area contributed by atoms with E-state index in [0.717, 1.165) is 19.4 Å². The Kier molecular flexibility index (Phi) is 5.93. The highest BCUT2D eigenvalue weighted by molar-refractivity contribution is 5.79. The third kappa shape index (κ3) is 5.14. The SMILES string of the molecule is CC1NCCCC1C(=O)NCCOCC(N)=O. The average Bonchev–Trinajstić information content (AvgIpc) is 2.28. The van der Waals surface area contributed by atoms with Crippen molar-refractivity contribution in [2.75, 3.05) is 26.3 Å². The zero-order valence-corrected chi connectivity index (χ0v) is 10.2. The van der Waals surface area contributed by atoms with E-state index >= 15 is 0 Å². The van der Waals surface area contributed by atoms with Crippen molar-refractivity contribution in [1.29, 1.82) is 0 Å². The fourth-order valence-electron chi connectivity index (χ4n) is 1.95. The Labute approximate surface area is 101 Å². The first-order valence-corrected chi connectivity index (χ1v) is 5.98. The van der Waals surface area contributed by atoms with Crippen LogP contribution in [0.1, 0.15) is 19.8 Å². The van der Waals surface area contributed by atoms with Crippen molar-refractivity contribution < 1.29 is 14.3 Å². The molecule has 1 heterocycles. The molecule has 0 saturated carbocycles. The van der Waals surface area contributed by atoms with E-state index in [0.29, 0.717) is 13.2 Å². The minimum atomic E-state index is -0.499. The van der Waals surface area contributed by atoms with Crippen molar-refractivity contribution in [3.63, 3.8) is 0 Å². The van der Waals surface area contributed by atoms with Crippen LogP contribution in [0.3, 0.4) is 0 Å². The molecule has 0 bridgehead atoms. The molecule has 1 fully saturated rings. The lowest BCUT2D eigenvalue weighted by Crippen LogP contribution is -2.47. The van der Waals surface area contributed by atoms with Crippen molar-refractivity contribution in [3.8, 4) is 0 Å². The van der Waals surface area contributed by atoms with Crippen LogP contribution >= 0.6 is 0 Å². The molecule has 4 N–H and O–H groups in total. The lowest BCUT2D eigenvalue weighted by Gasteiger charge is -2.28. The number of amides is 2. The summed E-state index contributed by atoms with van der Waals surface area (Å²) in [6.07, 6.45) is 1.95. The standard InChI is InChI=1S/C11H21N3O3/c1-8-9(3-2-4-13-8)11(16)14-5-6-17-7-10(12)15/h8-9,13H,2-7H2,1H3,(H2,12,15)(H,14,16). The first kappa shape index (κ1) is 13.9. The van der Waals surface area contributed by atoms with E-state index in [1.807, 2.05) is 6.92 Å². The van der Waals surface area contributed by atoms with Crippen LogP contribution in [0.5, 0.6) is 0 Å². The third-order valence-corrected chi connectivity index (χ3v) is 2.89. The Balaban J connectivity index is 2.13. The second-order valence-electron chi connectivity index (χ2n) is 4.30. The summed E-state index contributed by atoms with van der Waals surface area (Å²) in [4.78, 5) is 22.2. The highest BCUT2D eigenvalue weighted by Crippen LogP contribution is 2.15. The van der Waals surface area contributed by atoms with Gasteiger partial charge in [0, 0.05) is 12.6 Å². The number of hydrogen-bond acceptors (Lipinski definition) is 4. The molecule has 2 unspecified atom stereocenters. The van der Waals surface area contributed by atoms with Gasteiger partial charge in [0.05, 0.1) is 12.5 Å². The summed E-state index contributed by atoms with van der Waals surface area (Å²) in [5, 5.41) is 6.08. The monoisotopic (exact) mass is 243 g/mol. The van der Waals surface area contributed by atoms with Crippen LogP contribution in [0.2, 0.25) is 0 Å². The van der Waals surface area contributed by atoms with Gasteiger partial charge in [0.2, 0.25) is 11.8 Å². The molecule has 0 aromatic rings. The Morgan fingerprint density at radius 3 is 2.94 bits per heavy atom. The molecule has 6 heteroatoms. The molecular weight excluding hydrogens is 222 g/mol. The molecule has 0 spiro atoms. The van der Waals surface area contributed by atoms with E-state index in [4.69, 9.17) is 10.5 Å².